The molecule has 3 atom stereocenters. The van der Waals surface area contributed by atoms with Gasteiger partial charge >= 0.3 is 0 Å². The molecule has 0 spiro atoms. The topological polar surface area (TPSA) is 71.0 Å². The first-order valence-corrected chi connectivity index (χ1v) is 11.4. The van der Waals surface area contributed by atoms with Gasteiger partial charge in [0.25, 0.3) is 5.91 Å². The molecule has 0 radical (unpaired) electrons. The van der Waals surface area contributed by atoms with Gasteiger partial charge in [-0.25, -0.2) is 15.0 Å². The molecule has 6 nitrogen and oxygen atoms in total. The van der Waals surface area contributed by atoms with Gasteiger partial charge in [-0.05, 0) is 56.9 Å². The number of piperidine rings is 1. The minimum Gasteiger partial charge on any atom is -0.368 e. The number of benzene rings is 1. The fourth-order valence-electron chi connectivity index (χ4n) is 4.30. The van der Waals surface area contributed by atoms with Gasteiger partial charge < -0.3 is 10.2 Å². The van der Waals surface area contributed by atoms with E-state index in [4.69, 9.17) is 11.6 Å². The summed E-state index contributed by atoms with van der Waals surface area (Å²) < 4.78 is 0. The number of aromatic nitrogens is 3. The van der Waals surface area contributed by atoms with Crippen molar-refractivity contribution >= 4 is 23.3 Å². The Morgan fingerprint density at radius 2 is 1.91 bits per heavy atom. The third-order valence-electron chi connectivity index (χ3n) is 6.30. The molecule has 0 aliphatic carbocycles. The Morgan fingerprint density at radius 1 is 1.12 bits per heavy atom. The zero-order valence-electron chi connectivity index (χ0n) is 18.6. The summed E-state index contributed by atoms with van der Waals surface area (Å²) in [6.07, 6.45) is 7.04. The van der Waals surface area contributed by atoms with Gasteiger partial charge in [-0.15, -0.1) is 0 Å². The number of halogens is 1. The van der Waals surface area contributed by atoms with Gasteiger partial charge in [0.15, 0.2) is 5.82 Å². The monoisotopic (exact) mass is 449 g/mol. The quantitative estimate of drug-likeness (QED) is 0.576. The van der Waals surface area contributed by atoms with E-state index in [1.165, 1.54) is 0 Å². The number of amides is 1. The third-order valence-corrected chi connectivity index (χ3v) is 6.53. The van der Waals surface area contributed by atoms with Crippen molar-refractivity contribution in [3.8, 4) is 11.4 Å². The van der Waals surface area contributed by atoms with Crippen molar-refractivity contribution < 1.29 is 4.79 Å². The van der Waals surface area contributed by atoms with Crippen LogP contribution in [0.4, 0.5) is 5.82 Å². The zero-order chi connectivity index (χ0) is 22.7. The van der Waals surface area contributed by atoms with Gasteiger partial charge in [-0.3, -0.25) is 4.79 Å². The van der Waals surface area contributed by atoms with E-state index < -0.39 is 0 Å². The summed E-state index contributed by atoms with van der Waals surface area (Å²) in [7, 11) is 0. The Morgan fingerprint density at radius 3 is 2.62 bits per heavy atom. The number of carbonyl (C=O) groups excluding carboxylic acids is 1. The number of pyridine rings is 1. The fourth-order valence-corrected chi connectivity index (χ4v) is 4.42. The lowest BCUT2D eigenvalue weighted by molar-refractivity contribution is 0.0379. The molecule has 1 unspecified atom stereocenters. The second-order valence-corrected chi connectivity index (χ2v) is 8.96. The maximum atomic E-state index is 14.0. The van der Waals surface area contributed by atoms with Crippen LogP contribution in [0.2, 0.25) is 5.02 Å². The molecule has 1 aromatic carbocycles. The van der Waals surface area contributed by atoms with Gasteiger partial charge in [-0.2, -0.15) is 0 Å². The standard InChI is InChI=1S/C25H28ClN5O/c1-16-5-9-21(24-27-11-4-12-28-24)22(13-16)25(32)31-18(3)17(2)6-8-20(31)15-30-23-10-7-19(26)14-29-23/h4-5,7,9-14,17-18,20H,6,8,15H2,1-3H3,(H,29,30)/t17-,18?,20-/m0/s1. The van der Waals surface area contributed by atoms with E-state index in [9.17, 15) is 4.79 Å². The van der Waals surface area contributed by atoms with Crippen LogP contribution >= 0.6 is 11.6 Å². The lowest BCUT2D eigenvalue weighted by Gasteiger charge is -2.44. The third kappa shape index (κ3) is 4.75. The first-order chi connectivity index (χ1) is 15.4. The molecule has 3 heterocycles. The molecule has 4 rings (SSSR count). The Balaban J connectivity index is 1.64. The van der Waals surface area contributed by atoms with Crippen LogP contribution in [-0.2, 0) is 0 Å². The van der Waals surface area contributed by atoms with Crippen molar-refractivity contribution in [2.24, 2.45) is 5.92 Å². The van der Waals surface area contributed by atoms with Crippen LogP contribution in [0.25, 0.3) is 11.4 Å². The molecule has 1 aliphatic rings. The summed E-state index contributed by atoms with van der Waals surface area (Å²) >= 11 is 5.95. The summed E-state index contributed by atoms with van der Waals surface area (Å²) in [6, 6.07) is 11.5. The predicted octanol–water partition coefficient (Wildman–Crippen LogP) is 5.24. The van der Waals surface area contributed by atoms with E-state index in [2.05, 4.69) is 34.1 Å². The minimum atomic E-state index is 0.0195. The molecule has 2 aromatic heterocycles. The second-order valence-electron chi connectivity index (χ2n) is 8.53. The Hall–Kier alpha value is -2.99. The number of hydrogen-bond donors (Lipinski definition) is 1. The number of rotatable bonds is 5. The van der Waals surface area contributed by atoms with Crippen LogP contribution < -0.4 is 5.32 Å². The number of carbonyl (C=O) groups is 1. The van der Waals surface area contributed by atoms with E-state index >= 15 is 0 Å². The molecule has 0 bridgehead atoms. The van der Waals surface area contributed by atoms with Crippen LogP contribution in [0.1, 0.15) is 42.6 Å². The average Bonchev–Trinajstić information content (AvgIpc) is 2.81. The van der Waals surface area contributed by atoms with Crippen LogP contribution in [0.3, 0.4) is 0 Å². The SMILES string of the molecule is Cc1ccc(-c2ncccn2)c(C(=O)N2C(C)[C@@H](C)CC[C@H]2CNc2ccc(Cl)cn2)c1. The van der Waals surface area contributed by atoms with Gasteiger partial charge in [-0.1, -0.05) is 36.2 Å². The zero-order valence-corrected chi connectivity index (χ0v) is 19.4. The number of nitrogens with zero attached hydrogens (tertiary/aromatic N) is 4. The van der Waals surface area contributed by atoms with E-state index in [-0.39, 0.29) is 18.0 Å². The molecule has 1 aliphatic heterocycles. The summed E-state index contributed by atoms with van der Waals surface area (Å²) in [4.78, 5) is 29.1. The number of hydrogen-bond acceptors (Lipinski definition) is 5. The molecule has 1 fully saturated rings. The average molecular weight is 450 g/mol. The largest absolute Gasteiger partial charge is 0.368 e. The molecule has 3 aromatic rings. The van der Waals surface area contributed by atoms with Crippen molar-refractivity contribution in [2.75, 3.05) is 11.9 Å². The van der Waals surface area contributed by atoms with Crippen molar-refractivity contribution in [3.05, 3.63) is 71.1 Å². The minimum absolute atomic E-state index is 0.0195. The van der Waals surface area contributed by atoms with Gasteiger partial charge in [0.05, 0.1) is 10.6 Å². The Labute approximate surface area is 194 Å². The molecular formula is C25H28ClN5O. The lowest BCUT2D eigenvalue weighted by atomic mass is 9.86. The highest BCUT2D eigenvalue weighted by molar-refractivity contribution is 6.30. The first-order valence-electron chi connectivity index (χ1n) is 11.0. The number of aryl methyl sites for hydroxylation is 1. The van der Waals surface area contributed by atoms with Crippen molar-refractivity contribution in [3.63, 3.8) is 0 Å². The van der Waals surface area contributed by atoms with E-state index in [1.54, 1.807) is 24.7 Å². The summed E-state index contributed by atoms with van der Waals surface area (Å²) in [5, 5.41) is 3.98. The normalized spacial score (nSPS) is 20.8. The highest BCUT2D eigenvalue weighted by Gasteiger charge is 2.37. The molecule has 166 valence electrons. The highest BCUT2D eigenvalue weighted by atomic mass is 35.5. The summed E-state index contributed by atoms with van der Waals surface area (Å²) in [6.45, 7) is 6.98. The fraction of sp³-hybridized carbons (Fsp3) is 0.360. The summed E-state index contributed by atoms with van der Waals surface area (Å²) in [5.41, 5.74) is 2.44. The highest BCUT2D eigenvalue weighted by Crippen LogP contribution is 2.32. The first kappa shape index (κ1) is 22.2. The maximum Gasteiger partial charge on any atom is 0.255 e. The van der Waals surface area contributed by atoms with Crippen LogP contribution in [0, 0.1) is 12.8 Å². The van der Waals surface area contributed by atoms with Crippen molar-refractivity contribution in [1.82, 2.24) is 19.9 Å². The second kappa shape index (κ2) is 9.65. The Kier molecular flexibility index (Phi) is 6.70. The Bertz CT molecular complexity index is 1070. The smallest absolute Gasteiger partial charge is 0.255 e. The van der Waals surface area contributed by atoms with Crippen molar-refractivity contribution in [2.45, 2.75) is 45.7 Å². The summed E-state index contributed by atoms with van der Waals surface area (Å²) in [5.74, 6) is 1.76. The number of likely N-dealkylation sites (tertiary alicyclic amines) is 1. The molecule has 1 amide bonds. The predicted molar refractivity (Wildman–Crippen MR) is 128 cm³/mol. The van der Waals surface area contributed by atoms with Crippen LogP contribution in [0.5, 0.6) is 0 Å². The van der Waals surface area contributed by atoms with Crippen molar-refractivity contribution in [1.29, 1.82) is 0 Å². The number of nitrogens with one attached hydrogen (secondary N) is 1. The lowest BCUT2D eigenvalue weighted by Crippen LogP contribution is -2.54. The molecule has 0 saturated carbocycles. The van der Waals surface area contributed by atoms with E-state index in [0.717, 1.165) is 29.8 Å². The van der Waals surface area contributed by atoms with E-state index in [0.29, 0.717) is 28.9 Å². The van der Waals surface area contributed by atoms with E-state index in [1.807, 2.05) is 42.2 Å². The maximum absolute atomic E-state index is 14.0. The van der Waals surface area contributed by atoms with Crippen LogP contribution in [0.15, 0.2) is 55.0 Å². The molecule has 32 heavy (non-hydrogen) atoms. The van der Waals surface area contributed by atoms with Gasteiger partial charge in [0.2, 0.25) is 0 Å². The van der Waals surface area contributed by atoms with Crippen LogP contribution in [-0.4, -0.2) is 44.4 Å². The molecule has 7 heteroatoms. The number of anilines is 1. The molecule has 1 saturated heterocycles. The van der Waals surface area contributed by atoms with Gasteiger partial charge in [0, 0.05) is 42.8 Å². The molecule has 1 N–H and O–H groups in total. The van der Waals surface area contributed by atoms with Gasteiger partial charge in [0.1, 0.15) is 5.82 Å². The molecular weight excluding hydrogens is 422 g/mol.